The van der Waals surface area contributed by atoms with Crippen LogP contribution in [0.25, 0.3) is 61.1 Å². The summed E-state index contributed by atoms with van der Waals surface area (Å²) in [6, 6.07) is 46.9. The van der Waals surface area contributed by atoms with Crippen LogP contribution in [-0.4, -0.2) is 14.8 Å². The van der Waals surface area contributed by atoms with Crippen LogP contribution in [0.15, 0.2) is 162 Å². The highest BCUT2D eigenvalue weighted by Gasteiger charge is 2.38. The molecule has 0 bridgehead atoms. The van der Waals surface area contributed by atoms with E-state index in [0.717, 1.165) is 42.0 Å². The van der Waals surface area contributed by atoms with Gasteiger partial charge in [-0.15, -0.1) is 0 Å². The van der Waals surface area contributed by atoms with Crippen molar-refractivity contribution in [1.29, 1.82) is 0 Å². The first-order valence-corrected chi connectivity index (χ1v) is 19.3. The van der Waals surface area contributed by atoms with Crippen LogP contribution in [0.3, 0.4) is 0 Å². The third-order valence-electron chi connectivity index (χ3n) is 12.0. The van der Waals surface area contributed by atoms with Crippen molar-refractivity contribution in [2.45, 2.75) is 38.6 Å². The average Bonchev–Trinajstić information content (AvgIpc) is 3.72. The maximum absolute atomic E-state index is 5.30. The van der Waals surface area contributed by atoms with Crippen LogP contribution in [-0.2, 0) is 12.0 Å². The summed E-state index contributed by atoms with van der Waals surface area (Å²) in [4.78, 5) is 5.30. The predicted octanol–water partition coefficient (Wildman–Crippen LogP) is 12.8. The molecule has 3 aliphatic rings. The minimum Gasteiger partial charge on any atom is -0.369 e. The van der Waals surface area contributed by atoms with Crippen LogP contribution >= 0.6 is 0 Å². The number of benzene rings is 6. The molecule has 4 heteroatoms. The van der Waals surface area contributed by atoms with E-state index in [9.17, 15) is 0 Å². The molecule has 0 radical (unpaired) electrons. The second-order valence-electron chi connectivity index (χ2n) is 15.4. The molecule has 3 heterocycles. The lowest BCUT2D eigenvalue weighted by atomic mass is 9.79. The molecule has 54 heavy (non-hydrogen) atoms. The monoisotopic (exact) mass is 696 g/mol. The minimum atomic E-state index is -0.487. The lowest BCUT2D eigenvalue weighted by molar-refractivity contribution is 0.721. The van der Waals surface area contributed by atoms with Gasteiger partial charge in [-0.2, -0.15) is 0 Å². The minimum absolute atomic E-state index is 0.487. The quantitative estimate of drug-likeness (QED) is 0.195. The zero-order valence-corrected chi connectivity index (χ0v) is 30.6. The Balaban J connectivity index is 1.13. The van der Waals surface area contributed by atoms with Gasteiger partial charge >= 0.3 is 0 Å². The van der Waals surface area contributed by atoms with Crippen molar-refractivity contribution in [3.8, 4) is 11.4 Å². The molecular weight excluding hydrogens is 657 g/mol. The Hall–Kier alpha value is -6.39. The first-order valence-electron chi connectivity index (χ1n) is 19.3. The number of allylic oxidation sites excluding steroid dienone is 4. The lowest BCUT2D eigenvalue weighted by Gasteiger charge is -2.39. The van der Waals surface area contributed by atoms with Crippen LogP contribution < -0.4 is 5.32 Å². The fourth-order valence-electron chi connectivity index (χ4n) is 9.41. The number of nitrogens with one attached hydrogen (secondary N) is 1. The highest BCUT2D eigenvalue weighted by Crippen LogP contribution is 2.44. The number of fused-ring (bicyclic) bond motifs is 9. The van der Waals surface area contributed by atoms with Crippen molar-refractivity contribution in [3.63, 3.8) is 0 Å². The first-order chi connectivity index (χ1) is 26.5. The summed E-state index contributed by atoms with van der Waals surface area (Å²) >= 11 is 0. The summed E-state index contributed by atoms with van der Waals surface area (Å²) in [5, 5.41) is 9.15. The normalized spacial score (nSPS) is 19.2. The molecule has 260 valence electrons. The summed E-state index contributed by atoms with van der Waals surface area (Å²) in [7, 11) is 0. The van der Waals surface area contributed by atoms with Crippen molar-refractivity contribution in [3.05, 3.63) is 174 Å². The highest BCUT2D eigenvalue weighted by atomic mass is 15.1. The number of anilines is 1. The van der Waals surface area contributed by atoms with Gasteiger partial charge in [-0.3, -0.25) is 0 Å². The fourth-order valence-corrected chi connectivity index (χ4v) is 9.41. The number of nitrogens with zero attached hydrogens (tertiary/aromatic N) is 3. The van der Waals surface area contributed by atoms with E-state index in [-0.39, 0.29) is 0 Å². The molecule has 4 nitrogen and oxygen atoms in total. The number of hydrogen-bond acceptors (Lipinski definition) is 2. The van der Waals surface area contributed by atoms with Crippen LogP contribution in [0.1, 0.15) is 43.4 Å². The number of rotatable bonds is 4. The topological polar surface area (TPSA) is 34.2 Å². The van der Waals surface area contributed by atoms with Crippen LogP contribution in [0.4, 0.5) is 11.4 Å². The fraction of sp³-hybridized carbons (Fsp3) is 0.140. The van der Waals surface area contributed by atoms with Crippen molar-refractivity contribution in [2.75, 3.05) is 5.32 Å². The summed E-state index contributed by atoms with van der Waals surface area (Å²) in [5.74, 6) is 0.506. The van der Waals surface area contributed by atoms with E-state index in [2.05, 4.69) is 186 Å². The Morgan fingerprint density at radius 3 is 2.31 bits per heavy atom. The van der Waals surface area contributed by atoms with Crippen molar-refractivity contribution in [2.24, 2.45) is 10.9 Å². The van der Waals surface area contributed by atoms with E-state index in [1.807, 2.05) is 0 Å². The van der Waals surface area contributed by atoms with Crippen LogP contribution in [0.2, 0.25) is 0 Å². The van der Waals surface area contributed by atoms with Gasteiger partial charge in [0.25, 0.3) is 0 Å². The van der Waals surface area contributed by atoms with E-state index >= 15 is 0 Å². The summed E-state index contributed by atoms with van der Waals surface area (Å²) in [6.45, 7) is 4.61. The van der Waals surface area contributed by atoms with Gasteiger partial charge in [0.2, 0.25) is 0 Å². The summed E-state index contributed by atoms with van der Waals surface area (Å²) < 4.78 is 4.93. The van der Waals surface area contributed by atoms with E-state index < -0.39 is 5.54 Å². The van der Waals surface area contributed by atoms with Gasteiger partial charge in [-0.05, 0) is 115 Å². The zero-order valence-electron chi connectivity index (χ0n) is 30.6. The van der Waals surface area contributed by atoms with Crippen molar-refractivity contribution >= 4 is 66.8 Å². The summed E-state index contributed by atoms with van der Waals surface area (Å²) in [6.07, 6.45) is 14.4. The Morgan fingerprint density at radius 1 is 0.704 bits per heavy atom. The molecule has 2 atom stereocenters. The van der Waals surface area contributed by atoms with Crippen LogP contribution in [0.5, 0.6) is 0 Å². The molecule has 8 aromatic rings. The number of aliphatic imine (C=N–C) groups is 1. The van der Waals surface area contributed by atoms with Gasteiger partial charge in [-0.1, -0.05) is 104 Å². The van der Waals surface area contributed by atoms with Gasteiger partial charge < -0.3 is 14.5 Å². The zero-order chi connectivity index (χ0) is 36.0. The summed E-state index contributed by atoms with van der Waals surface area (Å²) in [5.41, 5.74) is 15.2. The molecule has 0 saturated heterocycles. The third-order valence-corrected chi connectivity index (χ3v) is 12.0. The number of hydrogen-bond donors (Lipinski definition) is 1. The maximum Gasteiger partial charge on any atom is 0.103 e. The van der Waals surface area contributed by atoms with E-state index in [1.165, 1.54) is 71.6 Å². The van der Waals surface area contributed by atoms with Crippen molar-refractivity contribution in [1.82, 2.24) is 9.13 Å². The molecule has 2 aliphatic carbocycles. The van der Waals surface area contributed by atoms with Crippen LogP contribution in [0, 0.1) is 5.92 Å². The van der Waals surface area contributed by atoms with Gasteiger partial charge in [0, 0.05) is 32.9 Å². The first kappa shape index (κ1) is 31.2. The van der Waals surface area contributed by atoms with Crippen molar-refractivity contribution < 1.29 is 0 Å². The van der Waals surface area contributed by atoms with Gasteiger partial charge in [0.1, 0.15) is 5.54 Å². The second-order valence-corrected chi connectivity index (χ2v) is 15.4. The molecule has 2 aromatic heterocycles. The van der Waals surface area contributed by atoms with Gasteiger partial charge in [0.05, 0.1) is 39.2 Å². The molecule has 2 unspecified atom stereocenters. The van der Waals surface area contributed by atoms with Gasteiger partial charge in [0.15, 0.2) is 0 Å². The van der Waals surface area contributed by atoms with E-state index in [0.29, 0.717) is 5.92 Å². The van der Waals surface area contributed by atoms with Gasteiger partial charge in [-0.25, -0.2) is 4.99 Å². The standard InChI is InChI=1S/C50H40N4/c1-32-21-22-33-23-28-45-48(39(33)29-32)41-30-40-38-17-9-12-20-44(38)53(46(40)31-47(41)54(45)36-15-7-4-8-16-36)37-26-24-35(25-27-37)50(2)49(34-13-5-3-6-14-34)51-42-18-10-11-19-43(42)52-50/h3-5,7-13,15-28,30-32,52H,6,14,29H2,1-2H3. The molecule has 6 aromatic carbocycles. The molecule has 11 rings (SSSR count). The average molecular weight is 697 g/mol. The molecule has 0 saturated carbocycles. The molecule has 1 aliphatic heterocycles. The lowest BCUT2D eigenvalue weighted by Crippen LogP contribution is -2.43. The number of aromatic nitrogens is 2. The Kier molecular flexibility index (Phi) is 6.82. The largest absolute Gasteiger partial charge is 0.369 e. The van der Waals surface area contributed by atoms with E-state index in [4.69, 9.17) is 4.99 Å². The Labute approximate surface area is 315 Å². The third kappa shape index (κ3) is 4.59. The molecular formula is C50H40N4. The number of para-hydroxylation sites is 4. The maximum atomic E-state index is 5.30. The second kappa shape index (κ2) is 11.8. The molecule has 1 N–H and O–H groups in total. The Morgan fingerprint density at radius 2 is 1.46 bits per heavy atom. The van der Waals surface area contributed by atoms with E-state index in [1.54, 1.807) is 0 Å². The molecule has 0 amide bonds. The molecule has 0 spiro atoms. The predicted molar refractivity (Wildman–Crippen MR) is 228 cm³/mol. The highest BCUT2D eigenvalue weighted by molar-refractivity contribution is 6.20. The smallest absolute Gasteiger partial charge is 0.103 e. The molecule has 0 fully saturated rings. The Bertz CT molecular complexity index is 2950. The SMILES string of the molecule is CC1C=Cc2ccc3c(c2C1)c1cc2c4ccccc4n(-c4ccc(C5(C)Nc6ccccc6N=C5C5=CC=CCC5)cc4)c2cc1n3-c1ccccc1.